The maximum atomic E-state index is 12.4. The smallest absolute Gasteiger partial charge is 0.222 e. The minimum atomic E-state index is -0.374. The Morgan fingerprint density at radius 3 is 2.64 bits per heavy atom. The number of hydrogen-bond donors (Lipinski definition) is 0. The maximum Gasteiger partial charge on any atom is 0.222 e. The molecule has 1 aliphatic rings. The number of carbonyl (C=O) groups excluding carboxylic acids is 1. The first-order valence-corrected chi connectivity index (χ1v) is 7.89. The van der Waals surface area contributed by atoms with Gasteiger partial charge in [-0.1, -0.05) is 12.1 Å². The lowest BCUT2D eigenvalue weighted by Crippen LogP contribution is -2.44. The van der Waals surface area contributed by atoms with Crippen molar-refractivity contribution < 1.29 is 4.79 Å². The predicted octanol–water partition coefficient (Wildman–Crippen LogP) is 2.84. The second-order valence-corrected chi connectivity index (χ2v) is 6.65. The van der Waals surface area contributed by atoms with Gasteiger partial charge in [0, 0.05) is 39.3 Å². The van der Waals surface area contributed by atoms with E-state index < -0.39 is 0 Å². The molecular formula is C18H25N3O. The van der Waals surface area contributed by atoms with E-state index in [1.165, 1.54) is 5.56 Å². The molecule has 1 heterocycles. The number of piperidine rings is 1. The van der Waals surface area contributed by atoms with Gasteiger partial charge in [-0.15, -0.1) is 0 Å². The van der Waals surface area contributed by atoms with Gasteiger partial charge in [-0.2, -0.15) is 5.26 Å². The zero-order valence-electron chi connectivity index (χ0n) is 13.8. The van der Waals surface area contributed by atoms with E-state index in [9.17, 15) is 10.1 Å². The third-order valence-electron chi connectivity index (χ3n) is 4.40. The fourth-order valence-corrected chi connectivity index (χ4v) is 2.91. The summed E-state index contributed by atoms with van der Waals surface area (Å²) in [7, 11) is 4.03. The molecule has 1 atom stereocenters. The molecule has 1 saturated heterocycles. The van der Waals surface area contributed by atoms with Crippen LogP contribution in [0.15, 0.2) is 24.3 Å². The first-order valence-electron chi connectivity index (χ1n) is 7.89. The van der Waals surface area contributed by atoms with Crippen molar-refractivity contribution in [2.45, 2.75) is 32.6 Å². The van der Waals surface area contributed by atoms with Gasteiger partial charge >= 0.3 is 0 Å². The SMILES string of the molecule is CN(C)c1ccc(CCC(=O)N2CCC[C@@](C)(C#N)C2)cc1. The highest BCUT2D eigenvalue weighted by Crippen LogP contribution is 2.28. The third-order valence-corrected chi connectivity index (χ3v) is 4.40. The molecule has 4 nitrogen and oxygen atoms in total. The van der Waals surface area contributed by atoms with E-state index in [4.69, 9.17) is 0 Å². The summed E-state index contributed by atoms with van der Waals surface area (Å²) in [5.74, 6) is 0.165. The fraction of sp³-hybridized carbons (Fsp3) is 0.556. The molecule has 0 spiro atoms. The highest BCUT2D eigenvalue weighted by molar-refractivity contribution is 5.76. The topological polar surface area (TPSA) is 47.3 Å². The number of nitriles is 1. The van der Waals surface area contributed by atoms with E-state index in [0.29, 0.717) is 13.0 Å². The van der Waals surface area contributed by atoms with Crippen LogP contribution in [0.2, 0.25) is 0 Å². The number of benzene rings is 1. The number of nitrogens with zero attached hydrogens (tertiary/aromatic N) is 3. The fourth-order valence-electron chi connectivity index (χ4n) is 2.91. The molecule has 118 valence electrons. The number of amides is 1. The molecule has 0 aliphatic carbocycles. The van der Waals surface area contributed by atoms with Gasteiger partial charge in [-0.3, -0.25) is 4.79 Å². The van der Waals surface area contributed by atoms with Gasteiger partial charge < -0.3 is 9.80 Å². The molecule has 0 aromatic heterocycles. The summed E-state index contributed by atoms with van der Waals surface area (Å²) in [5.41, 5.74) is 1.97. The van der Waals surface area contributed by atoms with Gasteiger partial charge in [0.05, 0.1) is 11.5 Å². The van der Waals surface area contributed by atoms with Crippen LogP contribution < -0.4 is 4.90 Å². The first kappa shape index (κ1) is 16.4. The number of hydrogen-bond acceptors (Lipinski definition) is 3. The number of likely N-dealkylation sites (tertiary alicyclic amines) is 1. The minimum absolute atomic E-state index is 0.165. The Kier molecular flexibility index (Phi) is 5.07. The Hall–Kier alpha value is -2.02. The number of anilines is 1. The molecule has 1 aromatic rings. The van der Waals surface area contributed by atoms with Crippen molar-refractivity contribution in [3.05, 3.63) is 29.8 Å². The van der Waals surface area contributed by atoms with Crippen molar-refractivity contribution in [3.8, 4) is 6.07 Å². The predicted molar refractivity (Wildman–Crippen MR) is 88.6 cm³/mol. The van der Waals surface area contributed by atoms with E-state index in [1.807, 2.05) is 25.9 Å². The quantitative estimate of drug-likeness (QED) is 0.859. The van der Waals surface area contributed by atoms with Crippen LogP contribution in [-0.4, -0.2) is 38.0 Å². The summed E-state index contributed by atoms with van der Waals surface area (Å²) in [4.78, 5) is 16.3. The molecular weight excluding hydrogens is 274 g/mol. The van der Waals surface area contributed by atoms with Gasteiger partial charge in [-0.05, 0) is 43.9 Å². The molecule has 0 unspecified atom stereocenters. The van der Waals surface area contributed by atoms with Gasteiger partial charge in [0.15, 0.2) is 0 Å². The molecule has 1 amide bonds. The summed E-state index contributed by atoms with van der Waals surface area (Å²) in [6, 6.07) is 10.7. The molecule has 1 aromatic carbocycles. The van der Waals surface area contributed by atoms with Crippen LogP contribution in [0.1, 0.15) is 31.7 Å². The van der Waals surface area contributed by atoms with Gasteiger partial charge in [0.2, 0.25) is 5.91 Å². The van der Waals surface area contributed by atoms with Crippen LogP contribution in [0, 0.1) is 16.7 Å². The average molecular weight is 299 g/mol. The number of aryl methyl sites for hydroxylation is 1. The summed E-state index contributed by atoms with van der Waals surface area (Å²) >= 11 is 0. The zero-order chi connectivity index (χ0) is 16.2. The molecule has 0 bridgehead atoms. The van der Waals surface area contributed by atoms with E-state index in [1.54, 1.807) is 0 Å². The molecule has 0 radical (unpaired) electrons. The normalized spacial score (nSPS) is 21.3. The summed E-state index contributed by atoms with van der Waals surface area (Å²) < 4.78 is 0. The second-order valence-electron chi connectivity index (χ2n) is 6.65. The van der Waals surface area contributed by atoms with Gasteiger partial charge in [-0.25, -0.2) is 0 Å². The van der Waals surface area contributed by atoms with Crippen molar-refractivity contribution in [1.29, 1.82) is 5.26 Å². The van der Waals surface area contributed by atoms with Crippen LogP contribution in [0.25, 0.3) is 0 Å². The Balaban J connectivity index is 1.88. The minimum Gasteiger partial charge on any atom is -0.378 e. The van der Waals surface area contributed by atoms with E-state index in [-0.39, 0.29) is 11.3 Å². The Morgan fingerprint density at radius 2 is 2.05 bits per heavy atom. The Bertz CT molecular complexity index is 559. The first-order chi connectivity index (χ1) is 10.4. The molecule has 4 heteroatoms. The van der Waals surface area contributed by atoms with Crippen LogP contribution in [0.3, 0.4) is 0 Å². The number of rotatable bonds is 4. The highest BCUT2D eigenvalue weighted by Gasteiger charge is 2.32. The molecule has 1 fully saturated rings. The van der Waals surface area contributed by atoms with Gasteiger partial charge in [0.25, 0.3) is 0 Å². The molecule has 22 heavy (non-hydrogen) atoms. The largest absolute Gasteiger partial charge is 0.378 e. The van der Waals surface area contributed by atoms with Crippen molar-refractivity contribution in [2.75, 3.05) is 32.1 Å². The van der Waals surface area contributed by atoms with Crippen molar-refractivity contribution in [1.82, 2.24) is 4.90 Å². The van der Waals surface area contributed by atoms with Crippen LogP contribution in [-0.2, 0) is 11.2 Å². The standard InChI is InChI=1S/C18H25N3O/c1-18(13-19)11-4-12-21(14-18)17(22)10-7-15-5-8-16(9-6-15)20(2)3/h5-6,8-9H,4,7,10-12,14H2,1-3H3/t18-/m0/s1. The van der Waals surface area contributed by atoms with E-state index in [2.05, 4.69) is 35.2 Å². The molecule has 2 rings (SSSR count). The highest BCUT2D eigenvalue weighted by atomic mass is 16.2. The Morgan fingerprint density at radius 1 is 1.36 bits per heavy atom. The van der Waals surface area contributed by atoms with Crippen LogP contribution in [0.4, 0.5) is 5.69 Å². The lowest BCUT2D eigenvalue weighted by atomic mass is 9.83. The molecule has 1 aliphatic heterocycles. The summed E-state index contributed by atoms with van der Waals surface area (Å²) in [5, 5.41) is 9.24. The lowest BCUT2D eigenvalue weighted by Gasteiger charge is -2.36. The zero-order valence-corrected chi connectivity index (χ0v) is 13.8. The van der Waals surface area contributed by atoms with E-state index >= 15 is 0 Å². The molecule has 0 saturated carbocycles. The summed E-state index contributed by atoms with van der Waals surface area (Å²) in [6.07, 6.45) is 3.09. The van der Waals surface area contributed by atoms with Crippen molar-refractivity contribution >= 4 is 11.6 Å². The van der Waals surface area contributed by atoms with Crippen LogP contribution in [0.5, 0.6) is 0 Å². The molecule has 0 N–H and O–H groups in total. The van der Waals surface area contributed by atoms with E-state index in [0.717, 1.165) is 31.5 Å². The number of carbonyl (C=O) groups is 1. The Labute approximate surface area is 133 Å². The monoisotopic (exact) mass is 299 g/mol. The summed E-state index contributed by atoms with van der Waals surface area (Å²) in [6.45, 7) is 3.31. The van der Waals surface area contributed by atoms with Gasteiger partial charge in [0.1, 0.15) is 0 Å². The van der Waals surface area contributed by atoms with Crippen molar-refractivity contribution in [2.24, 2.45) is 5.41 Å². The second kappa shape index (κ2) is 6.83. The third kappa shape index (κ3) is 4.00. The maximum absolute atomic E-state index is 12.4. The lowest BCUT2D eigenvalue weighted by molar-refractivity contribution is -0.133. The van der Waals surface area contributed by atoms with Crippen LogP contribution >= 0.6 is 0 Å². The van der Waals surface area contributed by atoms with Crippen molar-refractivity contribution in [3.63, 3.8) is 0 Å². The average Bonchev–Trinajstić information content (AvgIpc) is 2.53.